The van der Waals surface area contributed by atoms with E-state index < -0.39 is 11.7 Å². The molecule has 172 valence electrons. The van der Waals surface area contributed by atoms with Gasteiger partial charge in [0.2, 0.25) is 5.91 Å². The van der Waals surface area contributed by atoms with Crippen LogP contribution in [0.5, 0.6) is 0 Å². The van der Waals surface area contributed by atoms with Crippen LogP contribution in [0.25, 0.3) is 22.2 Å². The van der Waals surface area contributed by atoms with Crippen LogP contribution < -0.4 is 5.32 Å². The van der Waals surface area contributed by atoms with Gasteiger partial charge in [0.05, 0.1) is 11.2 Å². The Hall–Kier alpha value is -3.42. The summed E-state index contributed by atoms with van der Waals surface area (Å²) < 4.78 is 7.31. The third-order valence-electron chi connectivity index (χ3n) is 6.50. The number of carbonyl (C=O) groups is 2. The van der Waals surface area contributed by atoms with Gasteiger partial charge < -0.3 is 15.0 Å². The molecule has 5 rings (SSSR count). The van der Waals surface area contributed by atoms with Crippen molar-refractivity contribution in [3.05, 3.63) is 48.3 Å². The van der Waals surface area contributed by atoms with Crippen LogP contribution in [0.3, 0.4) is 0 Å². The first-order valence-corrected chi connectivity index (χ1v) is 11.4. The number of rotatable bonds is 3. The molecule has 8 heteroatoms. The number of hydrogen-bond donors (Lipinski definition) is 1. The van der Waals surface area contributed by atoms with Crippen LogP contribution in [-0.4, -0.2) is 56.9 Å². The molecule has 1 N–H and O–H groups in total. The highest BCUT2D eigenvalue weighted by molar-refractivity contribution is 5.83. The minimum atomic E-state index is -0.592. The van der Waals surface area contributed by atoms with Gasteiger partial charge >= 0.3 is 6.09 Å². The first-order chi connectivity index (χ1) is 15.7. The van der Waals surface area contributed by atoms with E-state index in [0.717, 1.165) is 41.5 Å². The van der Waals surface area contributed by atoms with Crippen LogP contribution in [-0.2, 0) is 21.5 Å². The molecular formula is C25H29N5O3. The van der Waals surface area contributed by atoms with Crippen molar-refractivity contribution in [3.8, 4) is 11.3 Å². The van der Waals surface area contributed by atoms with Gasteiger partial charge in [0.15, 0.2) is 0 Å². The number of fused-ring (bicyclic) bond motifs is 3. The zero-order valence-electron chi connectivity index (χ0n) is 19.3. The summed E-state index contributed by atoms with van der Waals surface area (Å²) in [5.74, 6) is -0.0883. The lowest BCUT2D eigenvalue weighted by Crippen LogP contribution is -2.42. The fourth-order valence-electron chi connectivity index (χ4n) is 4.89. The van der Waals surface area contributed by atoms with Gasteiger partial charge in [-0.3, -0.25) is 14.5 Å². The van der Waals surface area contributed by atoms with Gasteiger partial charge in [0, 0.05) is 47.9 Å². The van der Waals surface area contributed by atoms with Crippen molar-refractivity contribution in [2.24, 2.45) is 0 Å². The predicted octanol–water partition coefficient (Wildman–Crippen LogP) is 3.50. The molecule has 1 unspecified atom stereocenters. The lowest BCUT2D eigenvalue weighted by Gasteiger charge is -2.24. The van der Waals surface area contributed by atoms with E-state index >= 15 is 0 Å². The van der Waals surface area contributed by atoms with Gasteiger partial charge in [-0.25, -0.2) is 4.79 Å². The number of aryl methyl sites for hydroxylation is 1. The first-order valence-electron chi connectivity index (χ1n) is 11.4. The van der Waals surface area contributed by atoms with Crippen molar-refractivity contribution in [2.75, 3.05) is 19.6 Å². The molecule has 8 nitrogen and oxygen atoms in total. The minimum Gasteiger partial charge on any atom is -0.444 e. The number of benzene rings is 1. The van der Waals surface area contributed by atoms with Gasteiger partial charge in [0.25, 0.3) is 0 Å². The Morgan fingerprint density at radius 2 is 1.94 bits per heavy atom. The standard InChI is InChI=1S/C25H29N5O3/c1-24(2,3)33-23(32)27-15-22(31)29-10-8-25(16-29)9-11-30-21(25)13-20(28-30)18-12-17-6-4-5-7-19(17)26-14-18/h4-7,12-14H,8-11,15-16H2,1-3H3,(H,27,32). The molecule has 1 fully saturated rings. The van der Waals surface area contributed by atoms with E-state index in [1.54, 1.807) is 20.8 Å². The predicted molar refractivity (Wildman–Crippen MR) is 125 cm³/mol. The highest BCUT2D eigenvalue weighted by atomic mass is 16.6. The summed E-state index contributed by atoms with van der Waals surface area (Å²) in [5.41, 5.74) is 3.38. The average Bonchev–Trinajstić information content (AvgIpc) is 3.47. The van der Waals surface area contributed by atoms with Gasteiger partial charge in [-0.15, -0.1) is 0 Å². The number of alkyl carbamates (subject to hydrolysis) is 1. The molecule has 3 aromatic rings. The Kier molecular flexibility index (Phi) is 5.11. The average molecular weight is 448 g/mol. The van der Waals surface area contributed by atoms with Crippen LogP contribution in [0.2, 0.25) is 0 Å². The topological polar surface area (TPSA) is 89.4 Å². The van der Waals surface area contributed by atoms with Gasteiger partial charge in [-0.05, 0) is 51.8 Å². The van der Waals surface area contributed by atoms with Crippen molar-refractivity contribution in [3.63, 3.8) is 0 Å². The molecule has 0 bridgehead atoms. The molecule has 0 radical (unpaired) electrons. The second-order valence-electron chi connectivity index (χ2n) is 10.0. The van der Waals surface area contributed by atoms with Crippen molar-refractivity contribution < 1.29 is 14.3 Å². The highest BCUT2D eigenvalue weighted by Gasteiger charge is 2.46. The van der Waals surface area contributed by atoms with E-state index in [2.05, 4.69) is 33.2 Å². The second-order valence-corrected chi connectivity index (χ2v) is 10.0. The molecule has 2 amide bonds. The van der Waals surface area contributed by atoms with Crippen LogP contribution >= 0.6 is 0 Å². The number of amides is 2. The number of aromatic nitrogens is 3. The number of pyridine rings is 1. The summed E-state index contributed by atoms with van der Waals surface area (Å²) in [7, 11) is 0. The Balaban J connectivity index is 1.29. The van der Waals surface area contributed by atoms with Gasteiger partial charge in [0.1, 0.15) is 12.1 Å². The Bertz CT molecular complexity index is 1230. The molecular weight excluding hydrogens is 418 g/mol. The van der Waals surface area contributed by atoms with E-state index in [-0.39, 0.29) is 17.9 Å². The number of carbonyl (C=O) groups excluding carboxylic acids is 2. The molecule has 1 atom stereocenters. The third kappa shape index (κ3) is 4.17. The summed E-state index contributed by atoms with van der Waals surface area (Å²) in [6, 6.07) is 12.3. The van der Waals surface area contributed by atoms with Crippen molar-refractivity contribution in [2.45, 2.75) is 51.2 Å². The number of nitrogens with zero attached hydrogens (tertiary/aromatic N) is 4. The van der Waals surface area contributed by atoms with Crippen LogP contribution in [0.4, 0.5) is 4.79 Å². The molecule has 1 aromatic carbocycles. The Labute approximate surface area is 192 Å². The molecule has 2 aliphatic rings. The van der Waals surface area contributed by atoms with Crippen LogP contribution in [0.1, 0.15) is 39.3 Å². The zero-order valence-corrected chi connectivity index (χ0v) is 19.3. The monoisotopic (exact) mass is 447 g/mol. The summed E-state index contributed by atoms with van der Waals surface area (Å²) in [6.45, 7) is 7.49. The maximum atomic E-state index is 12.7. The van der Waals surface area contributed by atoms with Crippen molar-refractivity contribution >= 4 is 22.9 Å². The fraction of sp³-hybridized carbons (Fsp3) is 0.440. The molecule has 2 aromatic heterocycles. The third-order valence-corrected chi connectivity index (χ3v) is 6.50. The van der Waals surface area contributed by atoms with Gasteiger partial charge in [-0.1, -0.05) is 18.2 Å². The largest absolute Gasteiger partial charge is 0.444 e. The molecule has 1 saturated heterocycles. The first kappa shape index (κ1) is 21.4. The molecule has 1 spiro atoms. The summed E-state index contributed by atoms with van der Waals surface area (Å²) in [4.78, 5) is 31.1. The summed E-state index contributed by atoms with van der Waals surface area (Å²) in [5, 5.41) is 8.52. The molecule has 2 aliphatic heterocycles. The Morgan fingerprint density at radius 1 is 1.15 bits per heavy atom. The quantitative estimate of drug-likeness (QED) is 0.664. The maximum absolute atomic E-state index is 12.7. The van der Waals surface area contributed by atoms with Crippen LogP contribution in [0.15, 0.2) is 42.6 Å². The van der Waals surface area contributed by atoms with E-state index in [1.165, 1.54) is 5.69 Å². The van der Waals surface area contributed by atoms with E-state index in [1.807, 2.05) is 29.3 Å². The van der Waals surface area contributed by atoms with Crippen molar-refractivity contribution in [1.29, 1.82) is 0 Å². The second kappa shape index (κ2) is 7.86. The number of nitrogens with one attached hydrogen (secondary N) is 1. The van der Waals surface area contributed by atoms with Crippen molar-refractivity contribution in [1.82, 2.24) is 25.0 Å². The zero-order chi connectivity index (χ0) is 23.2. The molecule has 0 saturated carbocycles. The van der Waals surface area contributed by atoms with E-state index in [9.17, 15) is 9.59 Å². The SMILES string of the molecule is CC(C)(C)OC(=O)NCC(=O)N1CCC2(CCn3nc(-c4cnc5ccccc5c4)cc32)C1. The minimum absolute atomic E-state index is 0.0573. The fourth-order valence-corrected chi connectivity index (χ4v) is 4.89. The smallest absolute Gasteiger partial charge is 0.408 e. The van der Waals surface area contributed by atoms with E-state index in [0.29, 0.717) is 13.1 Å². The highest BCUT2D eigenvalue weighted by Crippen LogP contribution is 2.43. The number of hydrogen-bond acceptors (Lipinski definition) is 5. The number of likely N-dealkylation sites (tertiary alicyclic amines) is 1. The molecule has 4 heterocycles. The van der Waals surface area contributed by atoms with E-state index in [4.69, 9.17) is 9.84 Å². The normalized spacial score (nSPS) is 19.8. The van der Waals surface area contributed by atoms with Crippen LogP contribution in [0, 0.1) is 0 Å². The number of para-hydroxylation sites is 1. The molecule has 0 aliphatic carbocycles. The number of ether oxygens (including phenoxy) is 1. The van der Waals surface area contributed by atoms with Gasteiger partial charge in [-0.2, -0.15) is 5.10 Å². The lowest BCUT2D eigenvalue weighted by molar-refractivity contribution is -0.129. The lowest BCUT2D eigenvalue weighted by atomic mass is 9.82. The summed E-state index contributed by atoms with van der Waals surface area (Å²) >= 11 is 0. The maximum Gasteiger partial charge on any atom is 0.408 e. The Morgan fingerprint density at radius 3 is 2.76 bits per heavy atom. The summed E-state index contributed by atoms with van der Waals surface area (Å²) in [6.07, 6.45) is 3.17. The molecule has 33 heavy (non-hydrogen) atoms.